The molecule has 1 aliphatic rings. The van der Waals surface area contributed by atoms with Crippen molar-refractivity contribution in [1.29, 1.82) is 0 Å². The minimum Gasteiger partial charge on any atom is -0.481 e. The third-order valence-electron chi connectivity index (χ3n) is 4.47. The molecule has 3 rings (SSSR count). The van der Waals surface area contributed by atoms with Gasteiger partial charge in [-0.15, -0.1) is 0 Å². The number of oxazole rings is 1. The molecule has 5 nitrogen and oxygen atoms in total. The number of aromatic nitrogens is 1. The van der Waals surface area contributed by atoms with Crippen LogP contribution in [0, 0.1) is 0 Å². The average Bonchev–Trinajstić information content (AvgIpc) is 2.99. The van der Waals surface area contributed by atoms with Crippen molar-refractivity contribution in [3.63, 3.8) is 0 Å². The van der Waals surface area contributed by atoms with E-state index in [9.17, 15) is 9.90 Å². The lowest BCUT2D eigenvalue weighted by Gasteiger charge is -2.21. The second kappa shape index (κ2) is 7.26. The van der Waals surface area contributed by atoms with E-state index in [4.69, 9.17) is 16.0 Å². The van der Waals surface area contributed by atoms with E-state index >= 15 is 0 Å². The molecule has 1 aromatic carbocycles. The van der Waals surface area contributed by atoms with Crippen molar-refractivity contribution in [3.05, 3.63) is 35.0 Å². The van der Waals surface area contributed by atoms with Crippen molar-refractivity contribution in [1.82, 2.24) is 4.98 Å². The molecule has 0 amide bonds. The Morgan fingerprint density at radius 2 is 1.96 bits per heavy atom. The van der Waals surface area contributed by atoms with Crippen molar-refractivity contribution in [2.24, 2.45) is 0 Å². The lowest BCUT2D eigenvalue weighted by Crippen LogP contribution is -2.22. The Morgan fingerprint density at radius 1 is 1.29 bits per heavy atom. The number of carbonyl (C=O) groups is 1. The molecule has 1 aromatic heterocycles. The number of hydrogen-bond acceptors (Lipinski definition) is 4. The molecule has 1 aliphatic carbocycles. The van der Waals surface area contributed by atoms with Crippen molar-refractivity contribution in [3.8, 4) is 11.3 Å². The van der Waals surface area contributed by atoms with Gasteiger partial charge in [-0.3, -0.25) is 4.79 Å². The lowest BCUT2D eigenvalue weighted by molar-refractivity contribution is -0.138. The molecule has 0 spiro atoms. The third kappa shape index (κ3) is 3.73. The predicted molar refractivity (Wildman–Crippen MR) is 93.5 cm³/mol. The lowest BCUT2D eigenvalue weighted by atomic mass is 9.96. The first-order chi connectivity index (χ1) is 11.5. The van der Waals surface area contributed by atoms with E-state index in [2.05, 4.69) is 10.3 Å². The van der Waals surface area contributed by atoms with Crippen LogP contribution in [-0.2, 0) is 4.79 Å². The number of halogens is 1. The summed E-state index contributed by atoms with van der Waals surface area (Å²) in [4.78, 5) is 15.9. The van der Waals surface area contributed by atoms with Crippen molar-refractivity contribution in [2.75, 3.05) is 5.32 Å². The molecule has 0 bridgehead atoms. The van der Waals surface area contributed by atoms with Gasteiger partial charge in [0, 0.05) is 16.6 Å². The topological polar surface area (TPSA) is 75.4 Å². The van der Waals surface area contributed by atoms with Crippen LogP contribution in [0.5, 0.6) is 0 Å². The SMILES string of the molecule is CC(C(=O)O)c1oc(NC2CCCCC2)nc1-c1ccc(Cl)cc1. The Kier molecular flexibility index (Phi) is 5.09. The maximum Gasteiger partial charge on any atom is 0.314 e. The quantitative estimate of drug-likeness (QED) is 0.801. The molecular formula is C18H21ClN2O3. The zero-order valence-corrected chi connectivity index (χ0v) is 14.3. The molecule has 1 atom stereocenters. The summed E-state index contributed by atoms with van der Waals surface area (Å²) in [6, 6.07) is 7.90. The maximum atomic E-state index is 11.4. The Hall–Kier alpha value is -2.01. The molecule has 1 saturated carbocycles. The fraction of sp³-hybridized carbons (Fsp3) is 0.444. The van der Waals surface area contributed by atoms with Crippen LogP contribution >= 0.6 is 11.6 Å². The molecule has 1 fully saturated rings. The molecule has 6 heteroatoms. The van der Waals surface area contributed by atoms with Crippen LogP contribution in [0.1, 0.15) is 50.7 Å². The van der Waals surface area contributed by atoms with E-state index in [1.165, 1.54) is 19.3 Å². The van der Waals surface area contributed by atoms with Crippen LogP contribution in [0.2, 0.25) is 5.02 Å². The number of nitrogens with one attached hydrogen (secondary N) is 1. The second-order valence-electron chi connectivity index (χ2n) is 6.28. The summed E-state index contributed by atoms with van der Waals surface area (Å²) in [6.45, 7) is 1.60. The highest BCUT2D eigenvalue weighted by molar-refractivity contribution is 6.30. The number of anilines is 1. The van der Waals surface area contributed by atoms with Crippen molar-refractivity contribution >= 4 is 23.6 Å². The first kappa shape index (κ1) is 16.8. The molecule has 0 saturated heterocycles. The summed E-state index contributed by atoms with van der Waals surface area (Å²) in [5, 5.41) is 13.3. The van der Waals surface area contributed by atoms with E-state index in [-0.39, 0.29) is 0 Å². The summed E-state index contributed by atoms with van der Waals surface area (Å²) in [5.41, 5.74) is 1.35. The molecule has 128 valence electrons. The summed E-state index contributed by atoms with van der Waals surface area (Å²) in [5.74, 6) is -1.35. The molecule has 0 radical (unpaired) electrons. The van der Waals surface area contributed by atoms with Gasteiger partial charge in [-0.1, -0.05) is 43.0 Å². The monoisotopic (exact) mass is 348 g/mol. The zero-order chi connectivity index (χ0) is 17.1. The normalized spacial score (nSPS) is 16.8. The van der Waals surface area contributed by atoms with Crippen LogP contribution in [0.15, 0.2) is 28.7 Å². The zero-order valence-electron chi connectivity index (χ0n) is 13.6. The standard InChI is InChI=1S/C18H21ClN2O3/c1-11(17(22)23)16-15(12-7-9-13(19)10-8-12)21-18(24-16)20-14-5-3-2-4-6-14/h7-11,14H,2-6H2,1H3,(H,20,21)(H,22,23). The van der Waals surface area contributed by atoms with Crippen molar-refractivity contribution < 1.29 is 14.3 Å². The minimum atomic E-state index is -0.939. The average molecular weight is 349 g/mol. The number of carboxylic acid groups (broad SMARTS) is 1. The highest BCUT2D eigenvalue weighted by atomic mass is 35.5. The van der Waals surface area contributed by atoms with Gasteiger partial charge >= 0.3 is 5.97 Å². The van der Waals surface area contributed by atoms with Gasteiger partial charge in [0.15, 0.2) is 0 Å². The summed E-state index contributed by atoms with van der Waals surface area (Å²) < 4.78 is 5.79. The van der Waals surface area contributed by atoms with E-state index in [0.29, 0.717) is 28.5 Å². The Morgan fingerprint density at radius 3 is 2.58 bits per heavy atom. The largest absolute Gasteiger partial charge is 0.481 e. The number of rotatable bonds is 5. The molecule has 2 aromatic rings. The highest BCUT2D eigenvalue weighted by Crippen LogP contribution is 2.33. The summed E-state index contributed by atoms with van der Waals surface area (Å²) >= 11 is 5.94. The molecule has 0 aliphatic heterocycles. The van der Waals surface area contributed by atoms with E-state index in [1.54, 1.807) is 19.1 Å². The van der Waals surface area contributed by atoms with Gasteiger partial charge in [-0.25, -0.2) is 0 Å². The third-order valence-corrected chi connectivity index (χ3v) is 4.72. The van der Waals surface area contributed by atoms with Gasteiger partial charge in [0.2, 0.25) is 0 Å². The van der Waals surface area contributed by atoms with E-state index in [1.807, 2.05) is 12.1 Å². The highest BCUT2D eigenvalue weighted by Gasteiger charge is 2.26. The van der Waals surface area contributed by atoms with Crippen LogP contribution in [0.3, 0.4) is 0 Å². The molecule has 24 heavy (non-hydrogen) atoms. The summed E-state index contributed by atoms with van der Waals surface area (Å²) in [7, 11) is 0. The Labute approximate surface area is 146 Å². The fourth-order valence-corrected chi connectivity index (χ4v) is 3.16. The predicted octanol–water partition coefficient (Wildman–Crippen LogP) is 4.93. The van der Waals surface area contributed by atoms with Gasteiger partial charge in [-0.05, 0) is 31.9 Å². The number of nitrogens with zero attached hydrogens (tertiary/aromatic N) is 1. The smallest absolute Gasteiger partial charge is 0.314 e. The second-order valence-corrected chi connectivity index (χ2v) is 6.71. The first-order valence-electron chi connectivity index (χ1n) is 8.30. The van der Waals surface area contributed by atoms with Crippen LogP contribution in [0.4, 0.5) is 6.01 Å². The van der Waals surface area contributed by atoms with Gasteiger partial charge < -0.3 is 14.8 Å². The minimum absolute atomic E-state index is 0.337. The fourth-order valence-electron chi connectivity index (χ4n) is 3.04. The van der Waals surface area contributed by atoms with Crippen molar-refractivity contribution in [2.45, 2.75) is 51.0 Å². The van der Waals surface area contributed by atoms with E-state index < -0.39 is 11.9 Å². The van der Waals surface area contributed by atoms with Gasteiger partial charge in [-0.2, -0.15) is 4.98 Å². The number of aliphatic carboxylic acids is 1. The van der Waals surface area contributed by atoms with Gasteiger partial charge in [0.05, 0.1) is 0 Å². The molecule has 1 heterocycles. The summed E-state index contributed by atoms with van der Waals surface area (Å²) in [6.07, 6.45) is 5.83. The van der Waals surface area contributed by atoms with Gasteiger partial charge in [0.25, 0.3) is 6.01 Å². The number of benzene rings is 1. The molecule has 2 N–H and O–H groups in total. The maximum absolute atomic E-state index is 11.4. The first-order valence-corrected chi connectivity index (χ1v) is 8.68. The van der Waals surface area contributed by atoms with Gasteiger partial charge in [0.1, 0.15) is 17.4 Å². The van der Waals surface area contributed by atoms with Crippen LogP contribution in [-0.4, -0.2) is 22.1 Å². The Balaban J connectivity index is 1.92. The number of carboxylic acids is 1. The van der Waals surface area contributed by atoms with Crippen LogP contribution in [0.25, 0.3) is 11.3 Å². The molecular weight excluding hydrogens is 328 g/mol. The molecule has 1 unspecified atom stereocenters. The van der Waals surface area contributed by atoms with Crippen LogP contribution < -0.4 is 5.32 Å². The number of hydrogen-bond donors (Lipinski definition) is 2. The van der Waals surface area contributed by atoms with E-state index in [0.717, 1.165) is 18.4 Å². The Bertz CT molecular complexity index is 706.